The van der Waals surface area contributed by atoms with Gasteiger partial charge in [0.05, 0.1) is 5.92 Å². The first-order valence-electron chi connectivity index (χ1n) is 7.88. The number of carbonyl (C=O) groups is 3. The molecule has 0 aliphatic carbocycles. The molecule has 2 rings (SSSR count). The second-order valence-electron chi connectivity index (χ2n) is 6.10. The van der Waals surface area contributed by atoms with Crippen LogP contribution in [0.3, 0.4) is 0 Å². The Bertz CT molecular complexity index is 416. The summed E-state index contributed by atoms with van der Waals surface area (Å²) in [5, 5.41) is 0. The van der Waals surface area contributed by atoms with Crippen molar-refractivity contribution in [2.24, 2.45) is 17.6 Å². The molecule has 2 N–H and O–H groups in total. The van der Waals surface area contributed by atoms with E-state index in [0.29, 0.717) is 38.9 Å². The molecule has 6 heteroatoms. The number of primary amides is 1. The number of unbranched alkanes of at least 4 members (excludes halogenated alkanes) is 1. The summed E-state index contributed by atoms with van der Waals surface area (Å²) in [6.45, 7) is 4.54. The van der Waals surface area contributed by atoms with E-state index in [0.717, 1.165) is 19.4 Å². The van der Waals surface area contributed by atoms with Crippen molar-refractivity contribution in [2.75, 3.05) is 26.2 Å². The first-order valence-corrected chi connectivity index (χ1v) is 7.88. The van der Waals surface area contributed by atoms with Crippen LogP contribution in [0, 0.1) is 11.8 Å². The largest absolute Gasteiger partial charge is 0.369 e. The highest BCUT2D eigenvalue weighted by molar-refractivity contribution is 5.89. The van der Waals surface area contributed by atoms with Crippen LogP contribution in [0.15, 0.2) is 0 Å². The fraction of sp³-hybridized carbons (Fsp3) is 0.800. The number of rotatable bonds is 5. The maximum absolute atomic E-state index is 12.5. The minimum Gasteiger partial charge on any atom is -0.369 e. The van der Waals surface area contributed by atoms with Gasteiger partial charge in [-0.15, -0.1) is 0 Å². The number of nitrogens with two attached hydrogens (primary N) is 1. The van der Waals surface area contributed by atoms with Crippen LogP contribution in [0.5, 0.6) is 0 Å². The minimum absolute atomic E-state index is 0.0604. The summed E-state index contributed by atoms with van der Waals surface area (Å²) >= 11 is 0. The smallest absolute Gasteiger partial charge is 0.227 e. The standard InChI is InChI=1S/C15H25N3O3/c1-2-3-6-18-10-12(9-13(18)19)15(21)17-7-4-11(5-8-17)14(16)20/h11-12H,2-10H2,1H3,(H2,16,20). The summed E-state index contributed by atoms with van der Waals surface area (Å²) in [5.74, 6) is -0.442. The van der Waals surface area contributed by atoms with Crippen LogP contribution in [0.25, 0.3) is 0 Å². The summed E-state index contributed by atoms with van der Waals surface area (Å²) < 4.78 is 0. The second-order valence-corrected chi connectivity index (χ2v) is 6.10. The molecule has 0 aromatic heterocycles. The Morgan fingerprint density at radius 1 is 1.24 bits per heavy atom. The zero-order valence-electron chi connectivity index (χ0n) is 12.7. The third-order valence-electron chi connectivity index (χ3n) is 4.55. The van der Waals surface area contributed by atoms with Gasteiger partial charge in [-0.3, -0.25) is 14.4 Å². The topological polar surface area (TPSA) is 83.7 Å². The van der Waals surface area contributed by atoms with Crippen LogP contribution >= 0.6 is 0 Å². The molecule has 0 bridgehead atoms. The molecule has 2 saturated heterocycles. The van der Waals surface area contributed by atoms with E-state index in [1.54, 1.807) is 4.90 Å². The van der Waals surface area contributed by atoms with E-state index in [1.165, 1.54) is 0 Å². The summed E-state index contributed by atoms with van der Waals surface area (Å²) in [6, 6.07) is 0. The summed E-state index contributed by atoms with van der Waals surface area (Å²) in [6.07, 6.45) is 3.64. The molecule has 3 amide bonds. The zero-order chi connectivity index (χ0) is 15.4. The van der Waals surface area contributed by atoms with Crippen molar-refractivity contribution in [3.05, 3.63) is 0 Å². The lowest BCUT2D eigenvalue weighted by atomic mass is 9.95. The molecule has 0 spiro atoms. The number of carbonyl (C=O) groups excluding carboxylic acids is 3. The van der Waals surface area contributed by atoms with E-state index >= 15 is 0 Å². The van der Waals surface area contributed by atoms with Crippen molar-refractivity contribution in [1.29, 1.82) is 0 Å². The Hall–Kier alpha value is -1.59. The molecule has 0 aromatic rings. The summed E-state index contributed by atoms with van der Waals surface area (Å²) in [5.41, 5.74) is 5.30. The highest BCUT2D eigenvalue weighted by atomic mass is 16.2. The van der Waals surface area contributed by atoms with Crippen molar-refractivity contribution < 1.29 is 14.4 Å². The van der Waals surface area contributed by atoms with Crippen molar-refractivity contribution in [3.8, 4) is 0 Å². The lowest BCUT2D eigenvalue weighted by Gasteiger charge is -2.32. The molecule has 0 radical (unpaired) electrons. The minimum atomic E-state index is -0.274. The number of hydrogen-bond donors (Lipinski definition) is 1. The van der Waals surface area contributed by atoms with E-state index in [2.05, 4.69) is 6.92 Å². The Labute approximate surface area is 125 Å². The second kappa shape index (κ2) is 6.91. The number of piperidine rings is 1. The predicted molar refractivity (Wildman–Crippen MR) is 78.1 cm³/mol. The van der Waals surface area contributed by atoms with E-state index in [-0.39, 0.29) is 29.6 Å². The molecule has 1 atom stereocenters. The Balaban J connectivity index is 1.84. The van der Waals surface area contributed by atoms with Gasteiger partial charge in [0.25, 0.3) is 0 Å². The van der Waals surface area contributed by atoms with Gasteiger partial charge >= 0.3 is 0 Å². The van der Waals surface area contributed by atoms with E-state index in [4.69, 9.17) is 5.73 Å². The highest BCUT2D eigenvalue weighted by Gasteiger charge is 2.37. The molecule has 0 saturated carbocycles. The molecule has 2 heterocycles. The van der Waals surface area contributed by atoms with Crippen LogP contribution < -0.4 is 5.73 Å². The Kier molecular flexibility index (Phi) is 5.20. The Morgan fingerprint density at radius 3 is 2.48 bits per heavy atom. The first-order chi connectivity index (χ1) is 10.0. The number of hydrogen-bond acceptors (Lipinski definition) is 3. The van der Waals surface area contributed by atoms with Crippen LogP contribution in [0.2, 0.25) is 0 Å². The average molecular weight is 295 g/mol. The summed E-state index contributed by atoms with van der Waals surface area (Å²) in [4.78, 5) is 39.1. The van der Waals surface area contributed by atoms with Crippen LogP contribution in [0.4, 0.5) is 0 Å². The molecular weight excluding hydrogens is 270 g/mol. The highest BCUT2D eigenvalue weighted by Crippen LogP contribution is 2.24. The maximum Gasteiger partial charge on any atom is 0.227 e. The van der Waals surface area contributed by atoms with Gasteiger partial charge < -0.3 is 15.5 Å². The van der Waals surface area contributed by atoms with Crippen molar-refractivity contribution in [2.45, 2.75) is 39.0 Å². The van der Waals surface area contributed by atoms with E-state index in [9.17, 15) is 14.4 Å². The zero-order valence-corrected chi connectivity index (χ0v) is 12.7. The molecule has 2 aliphatic rings. The molecule has 21 heavy (non-hydrogen) atoms. The lowest BCUT2D eigenvalue weighted by Crippen LogP contribution is -2.44. The third-order valence-corrected chi connectivity index (χ3v) is 4.55. The summed E-state index contributed by atoms with van der Waals surface area (Å²) in [7, 11) is 0. The van der Waals surface area contributed by atoms with Gasteiger partial charge in [-0.05, 0) is 19.3 Å². The van der Waals surface area contributed by atoms with Gasteiger partial charge in [-0.25, -0.2) is 0 Å². The lowest BCUT2D eigenvalue weighted by molar-refractivity contribution is -0.138. The van der Waals surface area contributed by atoms with Crippen LogP contribution in [0.1, 0.15) is 39.0 Å². The molecule has 2 aliphatic heterocycles. The molecular formula is C15H25N3O3. The van der Waals surface area contributed by atoms with Gasteiger partial charge in [-0.1, -0.05) is 13.3 Å². The van der Waals surface area contributed by atoms with Crippen LogP contribution in [-0.4, -0.2) is 53.7 Å². The first kappa shape index (κ1) is 15.8. The molecule has 0 aromatic carbocycles. The maximum atomic E-state index is 12.5. The number of likely N-dealkylation sites (tertiary alicyclic amines) is 2. The number of amides is 3. The molecule has 2 fully saturated rings. The molecule has 1 unspecified atom stereocenters. The van der Waals surface area contributed by atoms with Gasteiger partial charge in [0.1, 0.15) is 0 Å². The monoisotopic (exact) mass is 295 g/mol. The van der Waals surface area contributed by atoms with E-state index < -0.39 is 0 Å². The van der Waals surface area contributed by atoms with Crippen molar-refractivity contribution in [1.82, 2.24) is 9.80 Å². The molecule has 118 valence electrons. The Morgan fingerprint density at radius 2 is 1.90 bits per heavy atom. The fourth-order valence-electron chi connectivity index (χ4n) is 3.15. The fourth-order valence-corrected chi connectivity index (χ4v) is 3.15. The van der Waals surface area contributed by atoms with Crippen molar-refractivity contribution >= 4 is 17.7 Å². The quantitative estimate of drug-likeness (QED) is 0.795. The number of nitrogens with zero attached hydrogens (tertiary/aromatic N) is 2. The predicted octanol–water partition coefficient (Wildman–Crippen LogP) is 0.359. The molecule has 6 nitrogen and oxygen atoms in total. The normalized spacial score (nSPS) is 23.7. The van der Waals surface area contributed by atoms with Gasteiger partial charge in [0.2, 0.25) is 17.7 Å². The van der Waals surface area contributed by atoms with Crippen LogP contribution in [-0.2, 0) is 14.4 Å². The van der Waals surface area contributed by atoms with Gasteiger partial charge in [-0.2, -0.15) is 0 Å². The van der Waals surface area contributed by atoms with Crippen molar-refractivity contribution in [3.63, 3.8) is 0 Å². The van der Waals surface area contributed by atoms with E-state index in [1.807, 2.05) is 4.90 Å². The third kappa shape index (κ3) is 3.74. The average Bonchev–Trinajstić information content (AvgIpc) is 2.85. The SMILES string of the molecule is CCCCN1CC(C(=O)N2CCC(C(N)=O)CC2)CC1=O. The van der Waals surface area contributed by atoms with Gasteiger partial charge in [0, 0.05) is 38.5 Å². The van der Waals surface area contributed by atoms with Gasteiger partial charge in [0.15, 0.2) is 0 Å².